The number of rotatable bonds is 2. The highest BCUT2D eigenvalue weighted by atomic mass is 19.4. The van der Waals surface area contributed by atoms with Gasteiger partial charge in [0.15, 0.2) is 0 Å². The molecule has 0 radical (unpaired) electrons. The highest BCUT2D eigenvalue weighted by molar-refractivity contribution is 5.96. The highest BCUT2D eigenvalue weighted by Gasteiger charge is 2.39. The second kappa shape index (κ2) is 4.63. The third-order valence-corrected chi connectivity index (χ3v) is 2.22. The van der Waals surface area contributed by atoms with E-state index in [1.165, 1.54) is 13.8 Å². The monoisotopic (exact) mass is 262 g/mol. The molecule has 0 saturated carbocycles. The molecule has 0 unspecified atom stereocenters. The van der Waals surface area contributed by atoms with Crippen LogP contribution in [0.1, 0.15) is 11.1 Å². The Kier molecular flexibility index (Phi) is 3.59. The van der Waals surface area contributed by atoms with Crippen LogP contribution < -0.4 is 5.32 Å². The maximum Gasteiger partial charge on any atom is 0.471 e. The Morgan fingerprint density at radius 3 is 2.06 bits per heavy atom. The van der Waals surface area contributed by atoms with Gasteiger partial charge in [-0.2, -0.15) is 13.2 Å². The van der Waals surface area contributed by atoms with Crippen molar-refractivity contribution in [3.63, 3.8) is 0 Å². The molecular weight excluding hydrogens is 253 g/mol. The van der Waals surface area contributed by atoms with Crippen molar-refractivity contribution < 1.29 is 22.9 Å². The molecule has 0 bridgehead atoms. The zero-order valence-electron chi connectivity index (χ0n) is 9.46. The van der Waals surface area contributed by atoms with Crippen molar-refractivity contribution in [1.29, 1.82) is 0 Å². The molecule has 18 heavy (non-hydrogen) atoms. The Hall–Kier alpha value is -2.12. The molecule has 0 fully saturated rings. The van der Waals surface area contributed by atoms with Gasteiger partial charge in [-0.15, -0.1) is 0 Å². The Labute approximate surface area is 99.8 Å². The topological polar surface area (TPSA) is 72.2 Å². The Morgan fingerprint density at radius 2 is 1.72 bits per heavy atom. The number of nitrogens with zero attached hydrogens (tertiary/aromatic N) is 1. The number of carbonyl (C=O) groups excluding carboxylic acids is 1. The van der Waals surface area contributed by atoms with Crippen LogP contribution in [0.4, 0.5) is 24.5 Å². The van der Waals surface area contributed by atoms with E-state index in [1.807, 2.05) is 0 Å². The van der Waals surface area contributed by atoms with Crippen LogP contribution >= 0.6 is 0 Å². The van der Waals surface area contributed by atoms with Crippen molar-refractivity contribution in [2.75, 3.05) is 5.32 Å². The van der Waals surface area contributed by atoms with E-state index in [-0.39, 0.29) is 22.5 Å². The predicted molar refractivity (Wildman–Crippen MR) is 57.3 cm³/mol. The van der Waals surface area contributed by atoms with Crippen LogP contribution in [0.2, 0.25) is 0 Å². The zero-order chi connectivity index (χ0) is 14.1. The first kappa shape index (κ1) is 13.9. The van der Waals surface area contributed by atoms with Gasteiger partial charge in [-0.25, -0.2) is 0 Å². The quantitative estimate of drug-likeness (QED) is 0.657. The van der Waals surface area contributed by atoms with Crippen LogP contribution in [0.3, 0.4) is 0 Å². The summed E-state index contributed by atoms with van der Waals surface area (Å²) in [6, 6.07) is 2.19. The van der Waals surface area contributed by atoms with Gasteiger partial charge in [0.1, 0.15) is 0 Å². The molecule has 0 aromatic heterocycles. The van der Waals surface area contributed by atoms with Crippen LogP contribution in [0.15, 0.2) is 12.1 Å². The minimum absolute atomic E-state index is 0.0667. The van der Waals surface area contributed by atoms with E-state index in [0.717, 1.165) is 12.1 Å². The van der Waals surface area contributed by atoms with Gasteiger partial charge in [0, 0.05) is 17.8 Å². The summed E-state index contributed by atoms with van der Waals surface area (Å²) in [6.07, 6.45) is -5.00. The fraction of sp³-hybridized carbons (Fsp3) is 0.300. The van der Waals surface area contributed by atoms with Crippen molar-refractivity contribution in [2.45, 2.75) is 20.0 Å². The highest BCUT2D eigenvalue weighted by Crippen LogP contribution is 2.27. The smallest absolute Gasteiger partial charge is 0.318 e. The predicted octanol–water partition coefficient (Wildman–Crippen LogP) is 2.71. The van der Waals surface area contributed by atoms with Gasteiger partial charge in [0.25, 0.3) is 5.69 Å². The van der Waals surface area contributed by atoms with E-state index in [9.17, 15) is 28.1 Å². The molecule has 1 amide bonds. The van der Waals surface area contributed by atoms with Crippen molar-refractivity contribution >= 4 is 17.3 Å². The molecule has 1 N–H and O–H groups in total. The number of nitro groups is 1. The summed E-state index contributed by atoms with van der Waals surface area (Å²) >= 11 is 0. The van der Waals surface area contributed by atoms with Crippen LogP contribution in [0.5, 0.6) is 0 Å². The fourth-order valence-corrected chi connectivity index (χ4v) is 1.43. The number of anilines is 1. The van der Waals surface area contributed by atoms with E-state index >= 15 is 0 Å². The summed E-state index contributed by atoms with van der Waals surface area (Å²) in [5.74, 6) is -2.11. The number of hydrogen-bond acceptors (Lipinski definition) is 3. The molecule has 0 atom stereocenters. The largest absolute Gasteiger partial charge is 0.471 e. The average Bonchev–Trinajstić information content (AvgIpc) is 2.21. The first-order chi connectivity index (χ1) is 8.12. The molecule has 1 aromatic rings. The number of alkyl halides is 3. The summed E-state index contributed by atoms with van der Waals surface area (Å²) < 4.78 is 36.3. The number of non-ortho nitro benzene ring substituents is 1. The second-order valence-electron chi connectivity index (χ2n) is 3.66. The van der Waals surface area contributed by atoms with Gasteiger partial charge in [0.2, 0.25) is 0 Å². The van der Waals surface area contributed by atoms with Gasteiger partial charge in [-0.1, -0.05) is 0 Å². The van der Waals surface area contributed by atoms with Crippen molar-refractivity contribution in [2.24, 2.45) is 0 Å². The van der Waals surface area contributed by atoms with E-state index in [0.29, 0.717) is 0 Å². The Bertz CT molecular complexity index is 489. The number of nitro benzene ring substituents is 1. The zero-order valence-corrected chi connectivity index (χ0v) is 9.46. The third-order valence-electron chi connectivity index (χ3n) is 2.22. The Morgan fingerprint density at radius 1 is 1.28 bits per heavy atom. The summed E-state index contributed by atoms with van der Waals surface area (Å²) in [5, 5.41) is 12.2. The lowest BCUT2D eigenvalue weighted by molar-refractivity contribution is -0.384. The number of aryl methyl sites for hydroxylation is 2. The number of nitrogens with one attached hydrogen (secondary N) is 1. The molecule has 8 heteroatoms. The molecular formula is C10H9F3N2O3. The number of benzene rings is 1. The minimum Gasteiger partial charge on any atom is -0.318 e. The van der Waals surface area contributed by atoms with E-state index in [4.69, 9.17) is 0 Å². The SMILES string of the molecule is Cc1cc([N+](=O)[O-])cc(C)c1NC(=O)C(F)(F)F. The summed E-state index contributed by atoms with van der Waals surface area (Å²) in [7, 11) is 0. The van der Waals surface area contributed by atoms with Crippen LogP contribution in [0.25, 0.3) is 0 Å². The van der Waals surface area contributed by atoms with Crippen molar-refractivity contribution in [3.05, 3.63) is 33.4 Å². The van der Waals surface area contributed by atoms with Gasteiger partial charge in [-0.3, -0.25) is 14.9 Å². The molecule has 1 rings (SSSR count). The lowest BCUT2D eigenvalue weighted by Crippen LogP contribution is -2.30. The van der Waals surface area contributed by atoms with Gasteiger partial charge >= 0.3 is 12.1 Å². The number of carbonyl (C=O) groups is 1. The van der Waals surface area contributed by atoms with Gasteiger partial charge < -0.3 is 5.32 Å². The molecule has 0 aliphatic heterocycles. The maximum atomic E-state index is 12.1. The number of hydrogen-bond donors (Lipinski definition) is 1. The molecule has 0 aliphatic rings. The normalized spacial score (nSPS) is 11.2. The first-order valence-electron chi connectivity index (χ1n) is 4.76. The number of amides is 1. The van der Waals surface area contributed by atoms with Crippen LogP contribution in [0, 0.1) is 24.0 Å². The lowest BCUT2D eigenvalue weighted by atomic mass is 10.1. The van der Waals surface area contributed by atoms with E-state index < -0.39 is 17.0 Å². The molecule has 98 valence electrons. The maximum absolute atomic E-state index is 12.1. The first-order valence-corrected chi connectivity index (χ1v) is 4.76. The third kappa shape index (κ3) is 2.96. The summed E-state index contributed by atoms with van der Waals surface area (Å²) in [6.45, 7) is 2.76. The fourth-order valence-electron chi connectivity index (χ4n) is 1.43. The van der Waals surface area contributed by atoms with Crippen LogP contribution in [-0.2, 0) is 4.79 Å². The average molecular weight is 262 g/mol. The lowest BCUT2D eigenvalue weighted by Gasteiger charge is -2.12. The molecule has 1 aromatic carbocycles. The molecule has 0 aliphatic carbocycles. The second-order valence-corrected chi connectivity index (χ2v) is 3.66. The van der Waals surface area contributed by atoms with Crippen molar-refractivity contribution in [1.82, 2.24) is 0 Å². The van der Waals surface area contributed by atoms with Gasteiger partial charge in [-0.05, 0) is 25.0 Å². The number of halogens is 3. The molecule has 0 saturated heterocycles. The van der Waals surface area contributed by atoms with Crippen molar-refractivity contribution in [3.8, 4) is 0 Å². The van der Waals surface area contributed by atoms with Gasteiger partial charge in [0.05, 0.1) is 4.92 Å². The van der Waals surface area contributed by atoms with E-state index in [2.05, 4.69) is 0 Å². The van der Waals surface area contributed by atoms with E-state index in [1.54, 1.807) is 5.32 Å². The molecule has 0 spiro atoms. The Balaban J connectivity index is 3.12. The minimum atomic E-state index is -5.00. The summed E-state index contributed by atoms with van der Waals surface area (Å²) in [4.78, 5) is 20.7. The standard InChI is InChI=1S/C10H9F3N2O3/c1-5-3-7(15(17)18)4-6(2)8(5)14-9(16)10(11,12)13/h3-4H,1-2H3,(H,14,16). The van der Waals surface area contributed by atoms with Crippen LogP contribution in [-0.4, -0.2) is 17.0 Å². The molecule has 0 heterocycles. The molecule has 5 nitrogen and oxygen atoms in total. The summed E-state index contributed by atoms with van der Waals surface area (Å²) in [5.41, 5.74) is 0.0801.